The maximum Gasteiger partial charge on any atom is 0.324 e. The Morgan fingerprint density at radius 3 is 2.49 bits per heavy atom. The second-order valence-corrected chi connectivity index (χ2v) is 10.5. The highest BCUT2D eigenvalue weighted by atomic mass is 19.1. The van der Waals surface area contributed by atoms with Crippen LogP contribution < -0.4 is 9.64 Å². The molecule has 2 atom stereocenters. The van der Waals surface area contributed by atoms with E-state index in [1.54, 1.807) is 4.90 Å². The van der Waals surface area contributed by atoms with Crippen molar-refractivity contribution in [3.05, 3.63) is 35.2 Å². The summed E-state index contributed by atoms with van der Waals surface area (Å²) in [6.07, 6.45) is 4.98. The second-order valence-electron chi connectivity index (χ2n) is 10.5. The molecule has 1 amide bonds. The van der Waals surface area contributed by atoms with Gasteiger partial charge in [-0.2, -0.15) is 4.98 Å². The van der Waals surface area contributed by atoms with Crippen molar-refractivity contribution in [3.63, 3.8) is 0 Å². The number of aromatic nitrogens is 2. The number of likely N-dealkylation sites (tertiary alicyclic amines) is 1. The Bertz CT molecular complexity index is 1020. The molecule has 2 aromatic rings. The lowest BCUT2D eigenvalue weighted by atomic mass is 9.90. The van der Waals surface area contributed by atoms with E-state index < -0.39 is 11.6 Å². The maximum atomic E-state index is 14.4. The lowest BCUT2D eigenvalue weighted by Gasteiger charge is -2.31. The molecule has 0 spiro atoms. The van der Waals surface area contributed by atoms with Gasteiger partial charge in [0.2, 0.25) is 5.91 Å². The second kappa shape index (κ2) is 10.1. The molecule has 190 valence electrons. The van der Waals surface area contributed by atoms with Gasteiger partial charge in [-0.3, -0.25) is 4.79 Å². The molecule has 1 aliphatic carbocycles. The van der Waals surface area contributed by atoms with Gasteiger partial charge < -0.3 is 19.1 Å². The SMILES string of the molecule is CC(C)c1noc(N2CCC([C@@H]3C[C@H]3CCOc3cc(F)c(CC(=O)N4CCC4)c(F)c3)CC2)n1. The fraction of sp³-hybridized carbons (Fsp3) is 0.654. The van der Waals surface area contributed by atoms with Crippen LogP contribution in [0.2, 0.25) is 0 Å². The van der Waals surface area contributed by atoms with Crippen molar-refractivity contribution in [2.45, 2.75) is 58.3 Å². The molecule has 9 heteroatoms. The summed E-state index contributed by atoms with van der Waals surface area (Å²) in [6.45, 7) is 7.73. The third kappa shape index (κ3) is 5.43. The number of anilines is 1. The molecule has 5 rings (SSSR count). The average Bonchev–Trinajstić information content (AvgIpc) is 3.37. The van der Waals surface area contributed by atoms with Crippen LogP contribution in [-0.4, -0.2) is 53.7 Å². The van der Waals surface area contributed by atoms with Gasteiger partial charge in [0, 0.05) is 49.8 Å². The van der Waals surface area contributed by atoms with Gasteiger partial charge in [-0.1, -0.05) is 19.0 Å². The Hall–Kier alpha value is -2.71. The number of piperidine rings is 1. The van der Waals surface area contributed by atoms with E-state index in [4.69, 9.17) is 9.26 Å². The van der Waals surface area contributed by atoms with E-state index in [0.29, 0.717) is 43.5 Å². The van der Waals surface area contributed by atoms with E-state index in [-0.39, 0.29) is 29.6 Å². The van der Waals surface area contributed by atoms with E-state index in [1.165, 1.54) is 18.6 Å². The molecule has 0 bridgehead atoms. The first-order chi connectivity index (χ1) is 16.9. The van der Waals surface area contributed by atoms with Crippen molar-refractivity contribution in [2.24, 2.45) is 17.8 Å². The van der Waals surface area contributed by atoms with Crippen molar-refractivity contribution < 1.29 is 22.8 Å². The van der Waals surface area contributed by atoms with Gasteiger partial charge in [0.15, 0.2) is 5.82 Å². The average molecular weight is 489 g/mol. The number of hydrogen-bond donors (Lipinski definition) is 0. The first-order valence-electron chi connectivity index (χ1n) is 12.9. The zero-order valence-electron chi connectivity index (χ0n) is 20.5. The first kappa shape index (κ1) is 24.0. The van der Waals surface area contributed by atoms with Crippen LogP contribution >= 0.6 is 0 Å². The van der Waals surface area contributed by atoms with Crippen LogP contribution in [0.15, 0.2) is 16.7 Å². The number of halogens is 2. The van der Waals surface area contributed by atoms with Crippen LogP contribution in [0, 0.1) is 29.4 Å². The lowest BCUT2D eigenvalue weighted by Crippen LogP contribution is -2.43. The van der Waals surface area contributed by atoms with Crippen LogP contribution in [0.4, 0.5) is 14.8 Å². The molecule has 7 nitrogen and oxygen atoms in total. The molecule has 2 saturated heterocycles. The minimum absolute atomic E-state index is 0.177. The summed E-state index contributed by atoms with van der Waals surface area (Å²) in [5.74, 6) is 1.50. The molecule has 3 aliphatic rings. The van der Waals surface area contributed by atoms with Crippen LogP contribution in [0.25, 0.3) is 0 Å². The van der Waals surface area contributed by atoms with Crippen LogP contribution in [-0.2, 0) is 11.2 Å². The quantitative estimate of drug-likeness (QED) is 0.515. The summed E-state index contributed by atoms with van der Waals surface area (Å²) in [5.41, 5.74) is -0.177. The number of hydrogen-bond acceptors (Lipinski definition) is 6. The van der Waals surface area contributed by atoms with Gasteiger partial charge in [0.25, 0.3) is 0 Å². The highest BCUT2D eigenvalue weighted by Gasteiger charge is 2.43. The number of carbonyl (C=O) groups excluding carboxylic acids is 1. The highest BCUT2D eigenvalue weighted by molar-refractivity contribution is 5.79. The molecule has 1 aromatic carbocycles. The standard InChI is InChI=1S/C26H34F2N4O3/c1-16(2)25-29-26(35-30-25)32-9-4-17(5-10-32)20-12-18(20)6-11-34-19-13-22(27)21(23(28)14-19)15-24(33)31-7-3-8-31/h13-14,16-18,20H,3-12,15H2,1-2H3/t18-,20+/m1/s1. The predicted octanol–water partition coefficient (Wildman–Crippen LogP) is 4.57. The Balaban J connectivity index is 1.04. The number of benzene rings is 1. The van der Waals surface area contributed by atoms with Gasteiger partial charge in [-0.25, -0.2) is 8.78 Å². The van der Waals surface area contributed by atoms with Crippen LogP contribution in [0.1, 0.15) is 63.3 Å². The van der Waals surface area contributed by atoms with Crippen molar-refractivity contribution >= 4 is 11.9 Å². The fourth-order valence-electron chi connectivity index (χ4n) is 5.28. The van der Waals surface area contributed by atoms with Crippen LogP contribution in [0.5, 0.6) is 5.75 Å². The zero-order valence-corrected chi connectivity index (χ0v) is 20.5. The molecule has 35 heavy (non-hydrogen) atoms. The summed E-state index contributed by atoms with van der Waals surface area (Å²) in [5, 5.41) is 4.06. The minimum Gasteiger partial charge on any atom is -0.493 e. The molecule has 3 heterocycles. The molecule has 0 unspecified atom stereocenters. The van der Waals surface area contributed by atoms with Gasteiger partial charge in [-0.15, -0.1) is 0 Å². The van der Waals surface area contributed by atoms with Crippen LogP contribution in [0.3, 0.4) is 0 Å². The smallest absolute Gasteiger partial charge is 0.324 e. The summed E-state index contributed by atoms with van der Waals surface area (Å²) >= 11 is 0. The van der Waals surface area contributed by atoms with E-state index in [0.717, 1.165) is 44.6 Å². The maximum absolute atomic E-state index is 14.4. The van der Waals surface area contributed by atoms with Crippen molar-refractivity contribution in [2.75, 3.05) is 37.7 Å². The van der Waals surface area contributed by atoms with Gasteiger partial charge in [-0.05, 0) is 49.9 Å². The molecule has 0 radical (unpaired) electrons. The number of rotatable bonds is 9. The van der Waals surface area contributed by atoms with Crippen molar-refractivity contribution in [3.8, 4) is 5.75 Å². The van der Waals surface area contributed by atoms with Gasteiger partial charge in [0.1, 0.15) is 17.4 Å². The summed E-state index contributed by atoms with van der Waals surface area (Å²) in [4.78, 5) is 20.4. The largest absolute Gasteiger partial charge is 0.493 e. The molecule has 3 fully saturated rings. The molecular formula is C26H34F2N4O3. The Kier molecular flexibility index (Phi) is 6.93. The van der Waals surface area contributed by atoms with Gasteiger partial charge in [0.05, 0.1) is 13.0 Å². The normalized spacial score (nSPS) is 22.4. The third-order valence-electron chi connectivity index (χ3n) is 7.75. The monoisotopic (exact) mass is 488 g/mol. The number of ether oxygens (including phenoxy) is 1. The number of amides is 1. The highest BCUT2D eigenvalue weighted by Crippen LogP contribution is 2.50. The molecule has 1 saturated carbocycles. The van der Waals surface area contributed by atoms with Gasteiger partial charge >= 0.3 is 6.01 Å². The van der Waals surface area contributed by atoms with E-state index >= 15 is 0 Å². The first-order valence-corrected chi connectivity index (χ1v) is 12.9. The Morgan fingerprint density at radius 1 is 1.17 bits per heavy atom. The summed E-state index contributed by atoms with van der Waals surface area (Å²) < 4.78 is 40.0. The molecule has 2 aliphatic heterocycles. The molecular weight excluding hydrogens is 454 g/mol. The molecule has 1 aromatic heterocycles. The minimum atomic E-state index is -0.716. The Morgan fingerprint density at radius 2 is 1.89 bits per heavy atom. The number of carbonyl (C=O) groups is 1. The lowest BCUT2D eigenvalue weighted by molar-refractivity contribution is -0.133. The van der Waals surface area contributed by atoms with Crippen molar-refractivity contribution in [1.82, 2.24) is 15.0 Å². The van der Waals surface area contributed by atoms with E-state index in [1.807, 2.05) is 0 Å². The zero-order chi connectivity index (χ0) is 24.5. The molecule has 0 N–H and O–H groups in total. The van der Waals surface area contributed by atoms with E-state index in [9.17, 15) is 13.6 Å². The third-order valence-corrected chi connectivity index (χ3v) is 7.75. The van der Waals surface area contributed by atoms with E-state index in [2.05, 4.69) is 28.9 Å². The topological polar surface area (TPSA) is 71.7 Å². The summed E-state index contributed by atoms with van der Waals surface area (Å²) in [7, 11) is 0. The van der Waals surface area contributed by atoms with Crippen molar-refractivity contribution in [1.29, 1.82) is 0 Å². The Labute approximate surface area is 204 Å². The fourth-order valence-corrected chi connectivity index (χ4v) is 5.28. The predicted molar refractivity (Wildman–Crippen MR) is 126 cm³/mol. The number of nitrogens with zero attached hydrogens (tertiary/aromatic N) is 4. The summed E-state index contributed by atoms with van der Waals surface area (Å²) in [6, 6.07) is 3.03.